The number of nitrogens with zero attached hydrogens (tertiary/aromatic N) is 1. The van der Waals surface area contributed by atoms with Gasteiger partial charge in [-0.05, 0) is 61.7 Å². The number of nitrogens with one attached hydrogen (secondary N) is 2. The predicted molar refractivity (Wildman–Crippen MR) is 98.9 cm³/mol. The molecule has 3 rings (SSSR count). The number of rotatable bonds is 5. The van der Waals surface area contributed by atoms with Crippen molar-refractivity contribution in [2.75, 3.05) is 5.32 Å². The van der Waals surface area contributed by atoms with Gasteiger partial charge in [-0.1, -0.05) is 23.7 Å². The molecule has 1 aliphatic rings. The van der Waals surface area contributed by atoms with Crippen molar-refractivity contribution < 1.29 is 9.59 Å². The van der Waals surface area contributed by atoms with Crippen LogP contribution in [0.25, 0.3) is 0 Å². The summed E-state index contributed by atoms with van der Waals surface area (Å²) in [5, 5.41) is 7.53. The summed E-state index contributed by atoms with van der Waals surface area (Å²) in [7, 11) is 0. The van der Waals surface area contributed by atoms with Crippen LogP contribution in [0.15, 0.2) is 53.6 Å². The van der Waals surface area contributed by atoms with Gasteiger partial charge in [-0.2, -0.15) is 5.10 Å². The van der Waals surface area contributed by atoms with Crippen LogP contribution in [0.4, 0.5) is 5.69 Å². The fourth-order valence-electron chi connectivity index (χ4n) is 2.24. The molecule has 0 aliphatic heterocycles. The first kappa shape index (κ1) is 17.2. The molecule has 0 heterocycles. The van der Waals surface area contributed by atoms with Crippen LogP contribution in [0.5, 0.6) is 0 Å². The maximum absolute atomic E-state index is 12.2. The number of hydrazone groups is 1. The van der Waals surface area contributed by atoms with E-state index in [0.717, 1.165) is 18.4 Å². The third-order valence-corrected chi connectivity index (χ3v) is 4.20. The van der Waals surface area contributed by atoms with E-state index < -0.39 is 0 Å². The molecule has 5 nitrogen and oxygen atoms in total. The second-order valence-electron chi connectivity index (χ2n) is 5.99. The number of hydrogen-bond donors (Lipinski definition) is 2. The van der Waals surface area contributed by atoms with Crippen molar-refractivity contribution in [3.8, 4) is 0 Å². The summed E-state index contributed by atoms with van der Waals surface area (Å²) in [6.07, 6.45) is 1.89. The summed E-state index contributed by atoms with van der Waals surface area (Å²) in [5.41, 5.74) is 5.39. The van der Waals surface area contributed by atoms with Gasteiger partial charge in [0.15, 0.2) is 0 Å². The monoisotopic (exact) mass is 355 g/mol. The molecule has 1 aliphatic carbocycles. The topological polar surface area (TPSA) is 70.6 Å². The van der Waals surface area contributed by atoms with Gasteiger partial charge in [-0.15, -0.1) is 0 Å². The van der Waals surface area contributed by atoms with Crippen LogP contribution in [-0.4, -0.2) is 17.5 Å². The zero-order chi connectivity index (χ0) is 17.8. The Morgan fingerprint density at radius 2 is 1.60 bits per heavy atom. The molecule has 128 valence electrons. The Morgan fingerprint density at radius 3 is 2.20 bits per heavy atom. The second kappa shape index (κ2) is 7.49. The number of benzene rings is 2. The normalized spacial score (nSPS) is 14.1. The Hall–Kier alpha value is -2.66. The fourth-order valence-corrected chi connectivity index (χ4v) is 2.37. The molecule has 0 saturated heterocycles. The van der Waals surface area contributed by atoms with E-state index in [2.05, 4.69) is 15.8 Å². The van der Waals surface area contributed by atoms with Gasteiger partial charge < -0.3 is 5.32 Å². The number of anilines is 1. The lowest BCUT2D eigenvalue weighted by Gasteiger charge is -2.07. The molecule has 0 atom stereocenters. The smallest absolute Gasteiger partial charge is 0.255 e. The quantitative estimate of drug-likeness (QED) is 0.631. The average Bonchev–Trinajstić information content (AvgIpc) is 3.45. The molecule has 2 amide bonds. The standard InChI is InChI=1S/C19H18ClN3O2/c1-12(22-23-19(25)15-2-3-15)13-6-10-17(11-7-13)21-18(24)14-4-8-16(20)9-5-14/h4-11,15H,2-3H2,1H3,(H,21,24)(H,23,25). The van der Waals surface area contributed by atoms with Gasteiger partial charge in [0.1, 0.15) is 0 Å². The Labute approximate surface area is 151 Å². The average molecular weight is 356 g/mol. The zero-order valence-electron chi connectivity index (χ0n) is 13.8. The van der Waals surface area contributed by atoms with Gasteiger partial charge >= 0.3 is 0 Å². The molecule has 2 aromatic carbocycles. The van der Waals surface area contributed by atoms with Crippen LogP contribution in [0.2, 0.25) is 5.02 Å². The third kappa shape index (κ3) is 4.67. The maximum Gasteiger partial charge on any atom is 0.255 e. The summed E-state index contributed by atoms with van der Waals surface area (Å²) < 4.78 is 0. The van der Waals surface area contributed by atoms with Crippen molar-refractivity contribution in [1.29, 1.82) is 0 Å². The van der Waals surface area contributed by atoms with Crippen molar-refractivity contribution in [3.05, 3.63) is 64.7 Å². The minimum absolute atomic E-state index is 0.0220. The molecule has 0 aromatic heterocycles. The molecule has 2 N–H and O–H groups in total. The number of halogens is 1. The van der Waals surface area contributed by atoms with E-state index in [-0.39, 0.29) is 17.7 Å². The molecular weight excluding hydrogens is 338 g/mol. The molecule has 1 saturated carbocycles. The lowest BCUT2D eigenvalue weighted by molar-refractivity contribution is -0.122. The molecule has 0 unspecified atom stereocenters. The highest BCUT2D eigenvalue weighted by Gasteiger charge is 2.29. The first-order valence-electron chi connectivity index (χ1n) is 8.04. The number of amides is 2. The molecule has 2 aromatic rings. The van der Waals surface area contributed by atoms with Crippen LogP contribution in [-0.2, 0) is 4.79 Å². The number of carbonyl (C=O) groups excluding carboxylic acids is 2. The van der Waals surface area contributed by atoms with Gasteiger partial charge in [0, 0.05) is 22.2 Å². The number of carbonyl (C=O) groups is 2. The fraction of sp³-hybridized carbons (Fsp3) is 0.211. The van der Waals surface area contributed by atoms with E-state index in [0.29, 0.717) is 22.0 Å². The molecule has 0 spiro atoms. The van der Waals surface area contributed by atoms with Crippen LogP contribution >= 0.6 is 11.6 Å². The lowest BCUT2D eigenvalue weighted by atomic mass is 10.1. The third-order valence-electron chi connectivity index (χ3n) is 3.95. The molecular formula is C19H18ClN3O2. The highest BCUT2D eigenvalue weighted by molar-refractivity contribution is 6.30. The Kier molecular flexibility index (Phi) is 5.14. The summed E-state index contributed by atoms with van der Waals surface area (Å²) >= 11 is 5.82. The van der Waals surface area contributed by atoms with Gasteiger partial charge in [-0.3, -0.25) is 9.59 Å². The van der Waals surface area contributed by atoms with Crippen LogP contribution in [0.1, 0.15) is 35.7 Å². The first-order chi connectivity index (χ1) is 12.0. The van der Waals surface area contributed by atoms with Crippen molar-refractivity contribution in [2.45, 2.75) is 19.8 Å². The van der Waals surface area contributed by atoms with Crippen molar-refractivity contribution in [3.63, 3.8) is 0 Å². The highest BCUT2D eigenvalue weighted by Crippen LogP contribution is 2.28. The maximum atomic E-state index is 12.2. The van der Waals surface area contributed by atoms with Crippen molar-refractivity contribution >= 4 is 34.8 Å². The predicted octanol–water partition coefficient (Wildman–Crippen LogP) is 3.84. The van der Waals surface area contributed by atoms with Crippen molar-refractivity contribution in [1.82, 2.24) is 5.43 Å². The van der Waals surface area contributed by atoms with Crippen LogP contribution in [0.3, 0.4) is 0 Å². The lowest BCUT2D eigenvalue weighted by Crippen LogP contribution is -2.20. The summed E-state index contributed by atoms with van der Waals surface area (Å²) in [6.45, 7) is 1.83. The molecule has 25 heavy (non-hydrogen) atoms. The summed E-state index contributed by atoms with van der Waals surface area (Å²) in [4.78, 5) is 23.8. The van der Waals surface area contributed by atoms with E-state index >= 15 is 0 Å². The summed E-state index contributed by atoms with van der Waals surface area (Å²) in [5.74, 6) is -0.0975. The van der Waals surface area contributed by atoms with E-state index in [1.165, 1.54) is 0 Å². The largest absolute Gasteiger partial charge is 0.322 e. The van der Waals surface area contributed by atoms with E-state index in [9.17, 15) is 9.59 Å². The molecule has 6 heteroatoms. The van der Waals surface area contributed by atoms with E-state index in [1.54, 1.807) is 36.4 Å². The SMILES string of the molecule is CC(=NNC(=O)C1CC1)c1ccc(NC(=O)c2ccc(Cl)cc2)cc1. The number of hydrogen-bond acceptors (Lipinski definition) is 3. The van der Waals surface area contributed by atoms with E-state index in [1.807, 2.05) is 19.1 Å². The Morgan fingerprint density at radius 1 is 1.00 bits per heavy atom. The van der Waals surface area contributed by atoms with Gasteiger partial charge in [0.25, 0.3) is 5.91 Å². The first-order valence-corrected chi connectivity index (χ1v) is 8.42. The molecule has 1 fully saturated rings. The Balaban J connectivity index is 1.61. The van der Waals surface area contributed by atoms with Crippen molar-refractivity contribution in [2.24, 2.45) is 11.0 Å². The van der Waals surface area contributed by atoms with Gasteiger partial charge in [-0.25, -0.2) is 5.43 Å². The van der Waals surface area contributed by atoms with Gasteiger partial charge in [0.05, 0.1) is 5.71 Å². The highest BCUT2D eigenvalue weighted by atomic mass is 35.5. The van der Waals surface area contributed by atoms with Crippen LogP contribution < -0.4 is 10.7 Å². The van der Waals surface area contributed by atoms with Gasteiger partial charge in [0.2, 0.25) is 5.91 Å². The minimum Gasteiger partial charge on any atom is -0.322 e. The molecule has 0 bridgehead atoms. The van der Waals surface area contributed by atoms with Crippen LogP contribution in [0, 0.1) is 5.92 Å². The minimum atomic E-state index is -0.202. The second-order valence-corrected chi connectivity index (χ2v) is 6.42. The molecule has 0 radical (unpaired) electrons. The summed E-state index contributed by atoms with van der Waals surface area (Å²) in [6, 6.07) is 14.0. The van der Waals surface area contributed by atoms with E-state index in [4.69, 9.17) is 11.6 Å². The Bertz CT molecular complexity index is 810. The zero-order valence-corrected chi connectivity index (χ0v) is 14.5.